The first-order valence-electron chi connectivity index (χ1n) is 13.6. The van der Waals surface area contributed by atoms with Crippen LogP contribution in [0.2, 0.25) is 0 Å². The summed E-state index contributed by atoms with van der Waals surface area (Å²) in [5, 5.41) is 36.3. The van der Waals surface area contributed by atoms with Crippen molar-refractivity contribution in [3.8, 4) is 0 Å². The molecule has 6 rings (SSSR count). The number of nitrogens with zero attached hydrogens (tertiary/aromatic N) is 1. The third kappa shape index (κ3) is 2.86. The fraction of sp³-hybridized carbons (Fsp3) is 0.963. The number of quaternary nitrogens is 1. The quantitative estimate of drug-likeness (QED) is 0.438. The smallest absolute Gasteiger partial charge is 0.136 e. The molecule has 0 aromatic heterocycles. The van der Waals surface area contributed by atoms with Crippen molar-refractivity contribution in [2.75, 3.05) is 13.1 Å². The monoisotopic (exact) mass is 445 g/mol. The zero-order chi connectivity index (χ0) is 22.6. The van der Waals surface area contributed by atoms with Gasteiger partial charge in [-0.2, -0.15) is 0 Å². The van der Waals surface area contributed by atoms with Crippen LogP contribution in [-0.4, -0.2) is 51.5 Å². The second-order valence-corrected chi connectivity index (χ2v) is 13.6. The van der Waals surface area contributed by atoms with E-state index in [4.69, 9.17) is 0 Å². The molecule has 0 spiro atoms. The largest absolute Gasteiger partial charge is 0.633 e. The second kappa shape index (κ2) is 7.02. The minimum atomic E-state index is -0.874. The van der Waals surface area contributed by atoms with E-state index in [1.807, 2.05) is 6.92 Å². The van der Waals surface area contributed by atoms with Crippen LogP contribution in [0.3, 0.4) is 0 Å². The van der Waals surface area contributed by atoms with Gasteiger partial charge in [0.05, 0.1) is 19.2 Å². The van der Waals surface area contributed by atoms with Crippen LogP contribution in [0.5, 0.6) is 0 Å². The third-order valence-corrected chi connectivity index (χ3v) is 12.1. The highest BCUT2D eigenvalue weighted by atomic mass is 16.6. The van der Waals surface area contributed by atoms with Gasteiger partial charge in [-0.15, -0.1) is 0 Å². The van der Waals surface area contributed by atoms with Crippen molar-refractivity contribution < 1.29 is 19.7 Å². The van der Waals surface area contributed by atoms with Gasteiger partial charge in [0.1, 0.15) is 17.4 Å². The number of carbonyl (C=O) groups excluding carboxylic acids is 1. The fourth-order valence-corrected chi connectivity index (χ4v) is 10.7. The Balaban J connectivity index is 1.33. The average molecular weight is 446 g/mol. The Morgan fingerprint density at radius 1 is 0.938 bits per heavy atom. The molecule has 4 saturated carbocycles. The molecule has 0 aromatic carbocycles. The average Bonchev–Trinajstić information content (AvgIpc) is 3.08. The van der Waals surface area contributed by atoms with Crippen LogP contribution in [0, 0.1) is 58.0 Å². The number of aliphatic hydroxyl groups is 2. The van der Waals surface area contributed by atoms with Crippen LogP contribution in [-0.2, 0) is 4.79 Å². The summed E-state index contributed by atoms with van der Waals surface area (Å²) < 4.78 is -0.182. The van der Waals surface area contributed by atoms with Crippen LogP contribution in [0.4, 0.5) is 0 Å². The van der Waals surface area contributed by atoms with Crippen LogP contribution in [0.25, 0.3) is 0 Å². The van der Waals surface area contributed by atoms with Gasteiger partial charge in [-0.3, -0.25) is 4.79 Å². The molecule has 5 nitrogen and oxygen atoms in total. The second-order valence-electron chi connectivity index (χ2n) is 13.6. The van der Waals surface area contributed by atoms with Crippen molar-refractivity contribution in [3.05, 3.63) is 5.21 Å². The number of hydrogen-bond acceptors (Lipinski definition) is 4. The number of piperidine rings is 2. The van der Waals surface area contributed by atoms with Crippen molar-refractivity contribution in [1.82, 2.24) is 0 Å². The van der Waals surface area contributed by atoms with E-state index in [1.165, 1.54) is 0 Å². The van der Waals surface area contributed by atoms with E-state index in [2.05, 4.69) is 13.8 Å². The third-order valence-electron chi connectivity index (χ3n) is 12.1. The van der Waals surface area contributed by atoms with Crippen molar-refractivity contribution >= 4 is 5.78 Å². The first kappa shape index (κ1) is 22.0. The highest BCUT2D eigenvalue weighted by Gasteiger charge is 2.66. The number of carbonyl (C=O) groups is 1. The van der Waals surface area contributed by atoms with Crippen LogP contribution in [0.15, 0.2) is 0 Å². The maximum atomic E-state index is 14.2. The lowest BCUT2D eigenvalue weighted by Crippen LogP contribution is -2.73. The van der Waals surface area contributed by atoms with E-state index in [-0.39, 0.29) is 34.0 Å². The van der Waals surface area contributed by atoms with Gasteiger partial charge in [0.15, 0.2) is 0 Å². The maximum absolute atomic E-state index is 14.2. The molecule has 2 heterocycles. The fourth-order valence-electron chi connectivity index (χ4n) is 10.7. The predicted octanol–water partition coefficient (Wildman–Crippen LogP) is 3.90. The Morgan fingerprint density at radius 3 is 2.50 bits per heavy atom. The molecule has 0 unspecified atom stereocenters. The molecule has 2 N–H and O–H groups in total. The molecule has 6 aliphatic rings. The predicted molar refractivity (Wildman–Crippen MR) is 122 cm³/mol. The molecule has 32 heavy (non-hydrogen) atoms. The summed E-state index contributed by atoms with van der Waals surface area (Å²) in [5.74, 6) is 3.37. The molecular formula is C27H43NO4. The molecule has 0 radical (unpaired) electrons. The first-order chi connectivity index (χ1) is 15.0. The Morgan fingerprint density at radius 2 is 1.72 bits per heavy atom. The van der Waals surface area contributed by atoms with Gasteiger partial charge in [0.2, 0.25) is 0 Å². The molecule has 0 bridgehead atoms. The molecule has 6 fully saturated rings. The Bertz CT molecular complexity index is 794. The van der Waals surface area contributed by atoms with Gasteiger partial charge in [-0.05, 0) is 81.0 Å². The molecule has 0 amide bonds. The molecule has 2 aliphatic heterocycles. The van der Waals surface area contributed by atoms with Gasteiger partial charge in [-0.1, -0.05) is 13.8 Å². The lowest BCUT2D eigenvalue weighted by atomic mass is 9.51. The molecule has 2 saturated heterocycles. The van der Waals surface area contributed by atoms with E-state index in [1.54, 1.807) is 0 Å². The number of hydroxylamine groups is 3. The maximum Gasteiger partial charge on any atom is 0.136 e. The minimum Gasteiger partial charge on any atom is -0.633 e. The minimum absolute atomic E-state index is 0.00908. The molecule has 0 aromatic rings. The van der Waals surface area contributed by atoms with E-state index in [0.29, 0.717) is 67.2 Å². The topological polar surface area (TPSA) is 80.6 Å². The van der Waals surface area contributed by atoms with Gasteiger partial charge < -0.3 is 20.1 Å². The van der Waals surface area contributed by atoms with Crippen molar-refractivity contribution in [2.45, 2.75) is 96.3 Å². The summed E-state index contributed by atoms with van der Waals surface area (Å²) in [6.07, 6.45) is 7.96. The van der Waals surface area contributed by atoms with E-state index >= 15 is 0 Å². The molecule has 13 atom stereocenters. The van der Waals surface area contributed by atoms with E-state index in [0.717, 1.165) is 44.9 Å². The summed E-state index contributed by atoms with van der Waals surface area (Å²) in [6, 6.07) is -0.163. The van der Waals surface area contributed by atoms with Crippen molar-refractivity contribution in [2.24, 2.45) is 52.8 Å². The number of ketones is 1. The summed E-state index contributed by atoms with van der Waals surface area (Å²) >= 11 is 0. The van der Waals surface area contributed by atoms with Crippen LogP contribution < -0.4 is 0 Å². The Labute approximate surface area is 193 Å². The van der Waals surface area contributed by atoms with Gasteiger partial charge in [0, 0.05) is 36.5 Å². The Kier molecular flexibility index (Phi) is 4.83. The zero-order valence-electron chi connectivity index (χ0n) is 20.2. The highest BCUT2D eigenvalue weighted by Crippen LogP contribution is 2.67. The SMILES string of the molecule is C[C@H]1CC[C@H]2[C@@](C)(O)[C@@H]3CC[C@@H]4[C@@H](C[C@H]5[C@H]4CC(=O)[C@H]4C[C@@H](O)CC[C@@]45C)[C@@H]3C[N@+]2([O-])C1. The number of fused-ring (bicyclic) bond motifs is 8. The number of aliphatic hydroxyl groups excluding tert-OH is 1. The summed E-state index contributed by atoms with van der Waals surface area (Å²) in [6.45, 7) is 7.87. The van der Waals surface area contributed by atoms with Crippen LogP contribution >= 0.6 is 0 Å². The normalized spacial score (nSPS) is 61.8. The molecular weight excluding hydrogens is 402 g/mol. The Hall–Kier alpha value is -0.490. The molecule has 4 aliphatic carbocycles. The summed E-state index contributed by atoms with van der Waals surface area (Å²) in [5.41, 5.74) is -0.865. The molecule has 5 heteroatoms. The number of rotatable bonds is 0. The summed E-state index contributed by atoms with van der Waals surface area (Å²) in [7, 11) is 0. The molecule has 180 valence electrons. The number of hydrogen-bond donors (Lipinski definition) is 2. The number of Topliss-reactive ketones (excluding diaryl/α,β-unsaturated/α-hetero) is 1. The van der Waals surface area contributed by atoms with Crippen molar-refractivity contribution in [1.29, 1.82) is 0 Å². The van der Waals surface area contributed by atoms with Gasteiger partial charge in [-0.25, -0.2) is 0 Å². The van der Waals surface area contributed by atoms with Gasteiger partial charge in [0.25, 0.3) is 0 Å². The lowest BCUT2D eigenvalue weighted by Gasteiger charge is -2.66. The van der Waals surface area contributed by atoms with Crippen molar-refractivity contribution in [3.63, 3.8) is 0 Å². The first-order valence-corrected chi connectivity index (χ1v) is 13.6. The zero-order valence-corrected chi connectivity index (χ0v) is 20.2. The lowest BCUT2D eigenvalue weighted by molar-refractivity contribution is -0.933. The summed E-state index contributed by atoms with van der Waals surface area (Å²) in [4.78, 5) is 13.3. The van der Waals surface area contributed by atoms with Gasteiger partial charge >= 0.3 is 0 Å². The van der Waals surface area contributed by atoms with Crippen LogP contribution in [0.1, 0.15) is 78.6 Å². The highest BCUT2D eigenvalue weighted by molar-refractivity contribution is 5.83. The standard InChI is InChI=1S/C27H43NO4/c1-15-4-7-25-27(3,31)21-6-5-17-18(20(21)14-28(25,32)13-15)11-22-19(17)12-24(30)23-10-16(29)8-9-26(22,23)2/h15-23,25,29,31H,4-14H2,1-3H3/t15-,16-,17+,18+,19-,20-,21+,22-,23+,25-,26+,27-,28+/m0/s1. The van der Waals surface area contributed by atoms with E-state index in [9.17, 15) is 20.2 Å². The van der Waals surface area contributed by atoms with E-state index < -0.39 is 5.60 Å².